The van der Waals surface area contributed by atoms with Crippen molar-refractivity contribution in [2.24, 2.45) is 4.99 Å². The molecule has 1 N–H and O–H groups in total. The average Bonchev–Trinajstić information content (AvgIpc) is 3.44. The Morgan fingerprint density at radius 2 is 1.91 bits per heavy atom. The number of allylic oxidation sites excluding steroid dienone is 1. The number of benzene rings is 2. The number of carbonyl (C=O) groups excluding carboxylic acids is 1. The fraction of sp³-hybridized carbons (Fsp3) is 0.292. The van der Waals surface area contributed by atoms with Gasteiger partial charge in [-0.2, -0.15) is 23.3 Å². The summed E-state index contributed by atoms with van der Waals surface area (Å²) < 4.78 is 39.9. The SMILES string of the molecule is CN1CCN(C2=NC(=O)C(=C(Cc3ccc(C(F)(F)F)cc3Br)c3ccc4[nH]ncc4c3)S2)CC1. The molecular weight excluding hydrogens is 543 g/mol. The van der Waals surface area contributed by atoms with Crippen molar-refractivity contribution in [3.63, 3.8) is 0 Å². The molecule has 35 heavy (non-hydrogen) atoms. The van der Waals surface area contributed by atoms with Gasteiger partial charge in [0.1, 0.15) is 0 Å². The van der Waals surface area contributed by atoms with Gasteiger partial charge in [0.15, 0.2) is 5.17 Å². The number of likely N-dealkylation sites (N-methyl/N-ethyl adjacent to an activating group) is 1. The number of hydrogen-bond acceptors (Lipinski definition) is 5. The monoisotopic (exact) mass is 563 g/mol. The van der Waals surface area contributed by atoms with Gasteiger partial charge in [0, 0.05) is 42.5 Å². The molecule has 3 aromatic rings. The van der Waals surface area contributed by atoms with Gasteiger partial charge >= 0.3 is 6.18 Å². The summed E-state index contributed by atoms with van der Waals surface area (Å²) in [6.07, 6.45) is -2.47. The van der Waals surface area contributed by atoms with Crippen LogP contribution in [0.3, 0.4) is 0 Å². The summed E-state index contributed by atoms with van der Waals surface area (Å²) in [6.45, 7) is 3.33. The van der Waals surface area contributed by atoms with Crippen LogP contribution in [0.15, 0.2) is 57.0 Å². The Morgan fingerprint density at radius 3 is 2.63 bits per heavy atom. The highest BCUT2D eigenvalue weighted by molar-refractivity contribution is 9.10. The number of halogens is 4. The van der Waals surface area contributed by atoms with E-state index in [1.165, 1.54) is 17.8 Å². The molecule has 1 saturated heterocycles. The highest BCUT2D eigenvalue weighted by atomic mass is 79.9. The molecule has 0 bridgehead atoms. The Bertz CT molecular complexity index is 1360. The van der Waals surface area contributed by atoms with Crippen LogP contribution in [0.5, 0.6) is 0 Å². The predicted octanol–water partition coefficient (Wildman–Crippen LogP) is 5.17. The van der Waals surface area contributed by atoms with Crippen LogP contribution in [0.4, 0.5) is 13.2 Å². The molecule has 1 fully saturated rings. The van der Waals surface area contributed by atoms with E-state index in [0.717, 1.165) is 60.4 Å². The van der Waals surface area contributed by atoms with Gasteiger partial charge in [-0.15, -0.1) is 0 Å². The third kappa shape index (κ3) is 5.03. The highest BCUT2D eigenvalue weighted by Crippen LogP contribution is 2.39. The van der Waals surface area contributed by atoms with Crippen LogP contribution < -0.4 is 0 Å². The van der Waals surface area contributed by atoms with Gasteiger partial charge in [-0.1, -0.05) is 28.1 Å². The van der Waals surface area contributed by atoms with Gasteiger partial charge in [0.25, 0.3) is 5.91 Å². The van der Waals surface area contributed by atoms with E-state index in [9.17, 15) is 18.0 Å². The van der Waals surface area contributed by atoms with E-state index in [2.05, 4.69) is 48.0 Å². The molecule has 2 aliphatic heterocycles. The maximum absolute atomic E-state index is 13.2. The molecule has 6 nitrogen and oxygen atoms in total. The first-order valence-electron chi connectivity index (χ1n) is 11.0. The first kappa shape index (κ1) is 24.1. The van der Waals surface area contributed by atoms with Crippen LogP contribution in [0, 0.1) is 0 Å². The molecule has 1 amide bonds. The number of aromatic amines is 1. The lowest BCUT2D eigenvalue weighted by molar-refractivity contribution is -0.137. The van der Waals surface area contributed by atoms with E-state index in [0.29, 0.717) is 20.1 Å². The second kappa shape index (κ2) is 9.44. The summed E-state index contributed by atoms with van der Waals surface area (Å²) in [5, 5.41) is 8.53. The number of nitrogens with zero attached hydrogens (tertiary/aromatic N) is 4. The Hall–Kier alpha value is -2.63. The summed E-state index contributed by atoms with van der Waals surface area (Å²) in [5.74, 6) is -0.325. The second-order valence-corrected chi connectivity index (χ2v) is 10.4. The van der Waals surface area contributed by atoms with Gasteiger partial charge in [-0.3, -0.25) is 9.89 Å². The number of alkyl halides is 3. The third-order valence-electron chi connectivity index (χ3n) is 6.17. The predicted molar refractivity (Wildman–Crippen MR) is 135 cm³/mol. The number of rotatable bonds is 3. The first-order valence-corrected chi connectivity index (χ1v) is 12.6. The summed E-state index contributed by atoms with van der Waals surface area (Å²) >= 11 is 4.65. The van der Waals surface area contributed by atoms with Crippen molar-refractivity contribution < 1.29 is 18.0 Å². The van der Waals surface area contributed by atoms with Gasteiger partial charge in [-0.05, 0) is 59.8 Å². The average molecular weight is 564 g/mol. The van der Waals surface area contributed by atoms with Crippen LogP contribution in [-0.2, 0) is 17.4 Å². The number of amides is 1. The maximum Gasteiger partial charge on any atom is 0.416 e. The topological polar surface area (TPSA) is 64.6 Å². The van der Waals surface area contributed by atoms with Gasteiger partial charge in [-0.25, -0.2) is 0 Å². The van der Waals surface area contributed by atoms with E-state index >= 15 is 0 Å². The van der Waals surface area contributed by atoms with Gasteiger partial charge in [0.05, 0.1) is 22.2 Å². The Balaban J connectivity index is 1.53. The standard InChI is InChI=1S/C24H21BrF3N5OS/c1-32-6-8-33(9-7-32)23-30-22(34)21(35-23)18(14-3-5-20-16(10-14)13-29-31-20)11-15-2-4-17(12-19(15)25)24(26,27)28/h2-5,10,12-13H,6-9,11H2,1H3,(H,29,31). The zero-order valence-electron chi connectivity index (χ0n) is 18.7. The minimum atomic E-state index is -4.43. The summed E-state index contributed by atoms with van der Waals surface area (Å²) in [4.78, 5) is 22.3. The third-order valence-corrected chi connectivity index (χ3v) is 8.06. The van der Waals surface area contributed by atoms with Crippen LogP contribution in [0.1, 0.15) is 16.7 Å². The molecule has 1 aromatic heterocycles. The number of amidine groups is 1. The van der Waals surface area contributed by atoms with Crippen LogP contribution >= 0.6 is 27.7 Å². The normalized spacial score (nSPS) is 18.9. The van der Waals surface area contributed by atoms with Crippen molar-refractivity contribution >= 4 is 55.2 Å². The van der Waals surface area contributed by atoms with Gasteiger partial charge in [0.2, 0.25) is 0 Å². The minimum absolute atomic E-state index is 0.266. The molecule has 0 unspecified atom stereocenters. The number of aliphatic imine (C=N–C) groups is 1. The number of hydrogen-bond donors (Lipinski definition) is 1. The molecule has 2 aromatic carbocycles. The summed E-state index contributed by atoms with van der Waals surface area (Å²) in [7, 11) is 2.06. The quantitative estimate of drug-likeness (QED) is 0.445. The number of carbonyl (C=O) groups is 1. The second-order valence-electron chi connectivity index (χ2n) is 8.55. The fourth-order valence-electron chi connectivity index (χ4n) is 4.12. The molecule has 3 heterocycles. The van der Waals surface area contributed by atoms with Crippen LogP contribution in [0.25, 0.3) is 16.5 Å². The molecule has 0 radical (unpaired) electrons. The van der Waals surface area contributed by atoms with Crippen molar-refractivity contribution in [2.75, 3.05) is 33.2 Å². The molecule has 0 aliphatic carbocycles. The van der Waals surface area contributed by atoms with Crippen molar-refractivity contribution in [1.29, 1.82) is 0 Å². The lowest BCUT2D eigenvalue weighted by Gasteiger charge is -2.33. The van der Waals surface area contributed by atoms with Crippen molar-refractivity contribution in [3.8, 4) is 0 Å². The summed E-state index contributed by atoms with van der Waals surface area (Å²) in [6, 6.07) is 9.30. The molecule has 0 atom stereocenters. The largest absolute Gasteiger partial charge is 0.416 e. The number of thioether (sulfide) groups is 1. The van der Waals surface area contributed by atoms with Crippen LogP contribution in [0.2, 0.25) is 0 Å². The Labute approximate surface area is 212 Å². The van der Waals surface area contributed by atoms with E-state index in [-0.39, 0.29) is 12.3 Å². The fourth-order valence-corrected chi connectivity index (χ4v) is 5.71. The number of aromatic nitrogens is 2. The van der Waals surface area contributed by atoms with E-state index < -0.39 is 11.7 Å². The van der Waals surface area contributed by atoms with Crippen LogP contribution in [-0.4, -0.2) is 64.3 Å². The number of nitrogens with one attached hydrogen (secondary N) is 1. The molecule has 182 valence electrons. The molecule has 11 heteroatoms. The zero-order valence-corrected chi connectivity index (χ0v) is 21.1. The minimum Gasteiger partial charge on any atom is -0.348 e. The van der Waals surface area contributed by atoms with E-state index in [4.69, 9.17) is 0 Å². The Morgan fingerprint density at radius 1 is 1.14 bits per heavy atom. The number of piperazine rings is 1. The Kier molecular flexibility index (Phi) is 6.49. The maximum atomic E-state index is 13.2. The lowest BCUT2D eigenvalue weighted by atomic mass is 9.96. The molecule has 2 aliphatic rings. The first-order chi connectivity index (χ1) is 16.7. The van der Waals surface area contributed by atoms with Crippen molar-refractivity contribution in [2.45, 2.75) is 12.6 Å². The van der Waals surface area contributed by atoms with Crippen molar-refractivity contribution in [3.05, 3.63) is 68.7 Å². The number of H-pyrrole nitrogens is 1. The number of fused-ring (bicyclic) bond motifs is 1. The molecule has 5 rings (SSSR count). The van der Waals surface area contributed by atoms with Crippen molar-refractivity contribution in [1.82, 2.24) is 20.0 Å². The summed E-state index contributed by atoms with van der Waals surface area (Å²) in [5.41, 5.74) is 2.30. The molecule has 0 spiro atoms. The smallest absolute Gasteiger partial charge is 0.348 e. The molecular formula is C24H21BrF3N5OS. The molecule has 0 saturated carbocycles. The zero-order chi connectivity index (χ0) is 24.7. The van der Waals surface area contributed by atoms with E-state index in [1.807, 2.05) is 18.2 Å². The lowest BCUT2D eigenvalue weighted by Crippen LogP contribution is -2.46. The van der Waals surface area contributed by atoms with E-state index in [1.54, 1.807) is 6.20 Å². The highest BCUT2D eigenvalue weighted by Gasteiger charge is 2.33. The van der Waals surface area contributed by atoms with Gasteiger partial charge < -0.3 is 9.80 Å².